The van der Waals surface area contributed by atoms with Crippen molar-refractivity contribution in [1.82, 2.24) is 4.47 Å². The number of halogens is 2. The lowest BCUT2D eigenvalue weighted by Crippen LogP contribution is -2.27. The topological polar surface area (TPSA) is 90.0 Å². The van der Waals surface area contributed by atoms with Crippen LogP contribution in [0.15, 0.2) is 51.8 Å². The SMILES string of the molecule is CON(C)S(=O)(=O)c1cc(C(=O)OC(C)C(=O)c2ccc(Br)cc2)ccc1Cl. The van der Waals surface area contributed by atoms with Crippen molar-refractivity contribution in [2.45, 2.75) is 17.9 Å². The molecule has 150 valence electrons. The Morgan fingerprint density at radius 2 is 1.68 bits per heavy atom. The zero-order valence-corrected chi connectivity index (χ0v) is 18.3. The summed E-state index contributed by atoms with van der Waals surface area (Å²) in [4.78, 5) is 29.2. The summed E-state index contributed by atoms with van der Waals surface area (Å²) in [7, 11) is -1.70. The molecule has 2 aromatic carbocycles. The maximum Gasteiger partial charge on any atom is 0.338 e. The number of benzene rings is 2. The van der Waals surface area contributed by atoms with Crippen molar-refractivity contribution in [2.75, 3.05) is 14.2 Å². The lowest BCUT2D eigenvalue weighted by molar-refractivity contribution is -0.0258. The van der Waals surface area contributed by atoms with Gasteiger partial charge in [0, 0.05) is 17.1 Å². The van der Waals surface area contributed by atoms with E-state index in [-0.39, 0.29) is 21.3 Å². The second kappa shape index (κ2) is 9.15. The number of carbonyl (C=O) groups is 2. The molecule has 7 nitrogen and oxygen atoms in total. The summed E-state index contributed by atoms with van der Waals surface area (Å²) in [5.41, 5.74) is 0.313. The number of sulfonamides is 1. The molecule has 0 saturated heterocycles. The van der Waals surface area contributed by atoms with Crippen LogP contribution in [0.2, 0.25) is 5.02 Å². The molecule has 0 aliphatic rings. The summed E-state index contributed by atoms with van der Waals surface area (Å²) >= 11 is 9.24. The maximum atomic E-state index is 12.4. The van der Waals surface area contributed by atoms with Crippen molar-refractivity contribution in [3.63, 3.8) is 0 Å². The van der Waals surface area contributed by atoms with Gasteiger partial charge in [0.1, 0.15) is 4.90 Å². The first-order chi connectivity index (χ1) is 13.1. The monoisotopic (exact) mass is 489 g/mol. The number of hydroxylamine groups is 1. The molecule has 28 heavy (non-hydrogen) atoms. The van der Waals surface area contributed by atoms with Gasteiger partial charge in [0.05, 0.1) is 17.7 Å². The molecule has 1 unspecified atom stereocenters. The average molecular weight is 491 g/mol. The summed E-state index contributed by atoms with van der Waals surface area (Å²) in [6, 6.07) is 10.2. The summed E-state index contributed by atoms with van der Waals surface area (Å²) < 4.78 is 31.4. The van der Waals surface area contributed by atoms with Crippen LogP contribution >= 0.6 is 27.5 Å². The predicted octanol–water partition coefficient (Wildman–Crippen LogP) is 3.71. The van der Waals surface area contributed by atoms with Crippen LogP contribution in [-0.2, 0) is 19.6 Å². The fraction of sp³-hybridized carbons (Fsp3) is 0.222. The first kappa shape index (κ1) is 22.5. The molecule has 0 heterocycles. The summed E-state index contributed by atoms with van der Waals surface area (Å²) in [5.74, 6) is -1.24. The standard InChI is InChI=1S/C18H17BrClNO6S/c1-11(17(22)12-4-7-14(19)8-5-12)27-18(23)13-6-9-15(20)16(10-13)28(24,25)21(2)26-3/h4-11H,1-3H3. The van der Waals surface area contributed by atoms with Gasteiger partial charge in [0.2, 0.25) is 5.78 Å². The minimum absolute atomic E-state index is 0.0667. The molecule has 0 N–H and O–H groups in total. The Bertz CT molecular complexity index is 994. The Balaban J connectivity index is 2.24. The van der Waals surface area contributed by atoms with Crippen LogP contribution in [0, 0.1) is 0 Å². The van der Waals surface area contributed by atoms with Gasteiger partial charge >= 0.3 is 5.97 Å². The largest absolute Gasteiger partial charge is 0.451 e. The molecule has 0 aliphatic carbocycles. The number of ether oxygens (including phenoxy) is 1. The zero-order chi connectivity index (χ0) is 21.1. The van der Waals surface area contributed by atoms with Crippen molar-refractivity contribution < 1.29 is 27.6 Å². The van der Waals surface area contributed by atoms with Crippen molar-refractivity contribution in [3.05, 3.63) is 63.1 Å². The fourth-order valence-corrected chi connectivity index (χ4v) is 3.93. The highest BCUT2D eigenvalue weighted by molar-refractivity contribution is 9.10. The number of Topliss-reactive ketones (excluding diaryl/α,β-unsaturated/α-hetero) is 1. The minimum atomic E-state index is -4.07. The van der Waals surface area contributed by atoms with Crippen molar-refractivity contribution in [2.24, 2.45) is 0 Å². The number of ketones is 1. The van der Waals surface area contributed by atoms with Crippen LogP contribution in [-0.4, -0.2) is 44.9 Å². The van der Waals surface area contributed by atoms with E-state index >= 15 is 0 Å². The van der Waals surface area contributed by atoms with Crippen LogP contribution in [0.3, 0.4) is 0 Å². The first-order valence-electron chi connectivity index (χ1n) is 7.91. The molecule has 0 aliphatic heterocycles. The molecule has 10 heteroatoms. The second-order valence-corrected chi connectivity index (χ2v) is 8.89. The number of nitrogens with zero attached hydrogens (tertiary/aromatic N) is 1. The van der Waals surface area contributed by atoms with E-state index < -0.39 is 22.1 Å². The van der Waals surface area contributed by atoms with Crippen LogP contribution in [0.1, 0.15) is 27.6 Å². The van der Waals surface area contributed by atoms with Crippen molar-refractivity contribution >= 4 is 49.3 Å². The van der Waals surface area contributed by atoms with Crippen LogP contribution in [0.25, 0.3) is 0 Å². The number of carbonyl (C=O) groups excluding carboxylic acids is 2. The van der Waals surface area contributed by atoms with E-state index in [0.717, 1.165) is 10.5 Å². The van der Waals surface area contributed by atoms with E-state index in [0.29, 0.717) is 10.0 Å². The highest BCUT2D eigenvalue weighted by Gasteiger charge is 2.26. The van der Waals surface area contributed by atoms with Gasteiger partial charge in [-0.1, -0.05) is 44.1 Å². The van der Waals surface area contributed by atoms with E-state index in [9.17, 15) is 18.0 Å². The summed E-state index contributed by atoms with van der Waals surface area (Å²) in [6.07, 6.45) is -1.06. The molecule has 2 aromatic rings. The van der Waals surface area contributed by atoms with Crippen LogP contribution in [0.5, 0.6) is 0 Å². The van der Waals surface area contributed by atoms with Gasteiger partial charge in [-0.3, -0.25) is 9.63 Å². The number of hydrogen-bond donors (Lipinski definition) is 0. The normalized spacial score (nSPS) is 12.6. The summed E-state index contributed by atoms with van der Waals surface area (Å²) in [6.45, 7) is 1.44. The number of rotatable bonds is 7. The lowest BCUT2D eigenvalue weighted by atomic mass is 10.1. The third-order valence-electron chi connectivity index (χ3n) is 3.82. The predicted molar refractivity (Wildman–Crippen MR) is 107 cm³/mol. The fourth-order valence-electron chi connectivity index (χ4n) is 2.20. The highest BCUT2D eigenvalue weighted by atomic mass is 79.9. The Kier molecular flexibility index (Phi) is 7.35. The van der Waals surface area contributed by atoms with E-state index in [4.69, 9.17) is 21.2 Å². The molecule has 0 aromatic heterocycles. The van der Waals surface area contributed by atoms with Gasteiger partial charge in [-0.05, 0) is 37.3 Å². The zero-order valence-electron chi connectivity index (χ0n) is 15.2. The quantitative estimate of drug-likeness (QED) is 0.334. The molecule has 1 atom stereocenters. The first-order valence-corrected chi connectivity index (χ1v) is 10.5. The molecule has 0 spiro atoms. The second-order valence-electron chi connectivity index (χ2n) is 5.66. The molecular weight excluding hydrogens is 474 g/mol. The van der Waals surface area contributed by atoms with Gasteiger partial charge in [-0.2, -0.15) is 0 Å². The molecule has 0 saturated carbocycles. The van der Waals surface area contributed by atoms with E-state index in [2.05, 4.69) is 15.9 Å². The van der Waals surface area contributed by atoms with Gasteiger partial charge in [-0.15, -0.1) is 0 Å². The third-order valence-corrected chi connectivity index (χ3v) is 6.51. The van der Waals surface area contributed by atoms with Crippen LogP contribution < -0.4 is 0 Å². The van der Waals surface area contributed by atoms with E-state index in [1.165, 1.54) is 33.2 Å². The smallest absolute Gasteiger partial charge is 0.338 e. The molecule has 0 fully saturated rings. The van der Waals surface area contributed by atoms with E-state index in [1.807, 2.05) is 0 Å². The van der Waals surface area contributed by atoms with Gasteiger partial charge < -0.3 is 4.74 Å². The Morgan fingerprint density at radius 1 is 1.11 bits per heavy atom. The van der Waals surface area contributed by atoms with Crippen LogP contribution in [0.4, 0.5) is 0 Å². The Labute approximate surface area is 176 Å². The van der Waals surface area contributed by atoms with E-state index in [1.54, 1.807) is 24.3 Å². The Hall–Kier alpha value is -1.78. The molecule has 2 rings (SSSR count). The Morgan fingerprint density at radius 3 is 2.25 bits per heavy atom. The third kappa shape index (κ3) is 4.98. The number of hydrogen-bond acceptors (Lipinski definition) is 6. The maximum absolute atomic E-state index is 12.4. The molecule has 0 radical (unpaired) electrons. The van der Waals surface area contributed by atoms with Crippen molar-refractivity contribution in [1.29, 1.82) is 0 Å². The highest BCUT2D eigenvalue weighted by Crippen LogP contribution is 2.26. The van der Waals surface area contributed by atoms with Gasteiger partial charge in [0.15, 0.2) is 6.10 Å². The molecule has 0 bridgehead atoms. The molecular formula is C18H17BrClNO6S. The van der Waals surface area contributed by atoms with Crippen molar-refractivity contribution in [3.8, 4) is 0 Å². The number of esters is 1. The lowest BCUT2D eigenvalue weighted by Gasteiger charge is -2.16. The van der Waals surface area contributed by atoms with Gasteiger partial charge in [0.25, 0.3) is 10.0 Å². The van der Waals surface area contributed by atoms with Gasteiger partial charge in [-0.25, -0.2) is 13.2 Å². The average Bonchev–Trinajstić information content (AvgIpc) is 2.67. The minimum Gasteiger partial charge on any atom is -0.451 e. The molecule has 0 amide bonds. The summed E-state index contributed by atoms with van der Waals surface area (Å²) in [5, 5.41) is -0.0839.